The lowest BCUT2D eigenvalue weighted by atomic mass is 10.1. The van der Waals surface area contributed by atoms with Crippen LogP contribution in [0.15, 0.2) is 98.4 Å². The van der Waals surface area contributed by atoms with Crippen molar-refractivity contribution >= 4 is 120 Å². The standard InChI is InChI=1S/C24H22N6O21S7/c25-22-17(29-28-16-9-14-11(6-18(16)52-50-48-31)5-13(55(35,36)37)8-20(14)56(38,39)40)10-21(57(41,42)43)23(26)24(22)30-27-15-2-1-12(7-19(15)53-51-49-32)54(33,34)4-3-47-58(44,45)46/h1-2,5-10,31-32H,3-4,25-26H2,(H,35,36,37)(H,38,39,40)(H,41,42,43)(H,44,45,46). The normalized spacial score (nSPS) is 13.3. The van der Waals surface area contributed by atoms with Gasteiger partial charge in [0, 0.05) is 5.39 Å². The molecule has 0 aromatic heterocycles. The van der Waals surface area contributed by atoms with E-state index in [4.69, 9.17) is 26.5 Å². The molecule has 0 saturated heterocycles. The quantitative estimate of drug-likeness (QED) is 0.0174. The van der Waals surface area contributed by atoms with Crippen molar-refractivity contribution in [3.63, 3.8) is 0 Å². The van der Waals surface area contributed by atoms with Crippen LogP contribution in [0.2, 0.25) is 0 Å². The number of hydrogen-bond acceptors (Lipinski definition) is 25. The molecule has 4 rings (SSSR count). The van der Waals surface area contributed by atoms with Gasteiger partial charge < -0.3 is 11.5 Å². The third kappa shape index (κ3) is 11.8. The first-order chi connectivity index (χ1) is 26.8. The van der Waals surface area contributed by atoms with Crippen LogP contribution < -0.4 is 11.5 Å². The summed E-state index contributed by atoms with van der Waals surface area (Å²) in [6.45, 7) is -0.987. The number of nitrogens with zero attached hydrogens (tertiary/aromatic N) is 4. The number of benzene rings is 4. The molecule has 0 radical (unpaired) electrons. The van der Waals surface area contributed by atoms with Crippen LogP contribution in [-0.4, -0.2) is 83.2 Å². The first kappa shape index (κ1) is 46.6. The number of nitrogens with two attached hydrogens (primary N) is 2. The van der Waals surface area contributed by atoms with E-state index >= 15 is 0 Å². The van der Waals surface area contributed by atoms with E-state index in [1.165, 1.54) is 0 Å². The summed E-state index contributed by atoms with van der Waals surface area (Å²) in [6, 6.07) is 6.50. The van der Waals surface area contributed by atoms with Crippen LogP contribution in [0.3, 0.4) is 0 Å². The summed E-state index contributed by atoms with van der Waals surface area (Å²) in [7, 11) is -24.8. The Morgan fingerprint density at radius 3 is 1.71 bits per heavy atom. The summed E-state index contributed by atoms with van der Waals surface area (Å²) in [5.41, 5.74) is 8.59. The topological polar surface area (TPSA) is 440 Å². The fourth-order valence-corrected chi connectivity index (χ4v) is 8.92. The molecule has 0 aliphatic carbocycles. The van der Waals surface area contributed by atoms with Gasteiger partial charge in [-0.1, -0.05) is 10.1 Å². The summed E-state index contributed by atoms with van der Waals surface area (Å²) in [4.78, 5) is -4.12. The molecule has 0 saturated carbocycles. The fraction of sp³-hybridized carbons (Fsp3) is 0.0833. The van der Waals surface area contributed by atoms with E-state index < -0.39 is 116 Å². The molecule has 0 spiro atoms. The van der Waals surface area contributed by atoms with Crippen LogP contribution >= 0.6 is 24.1 Å². The summed E-state index contributed by atoms with van der Waals surface area (Å²) >= 11 is 0.331. The lowest BCUT2D eigenvalue weighted by Gasteiger charge is -2.12. The number of azo groups is 2. The van der Waals surface area contributed by atoms with E-state index in [2.05, 4.69) is 43.4 Å². The predicted molar refractivity (Wildman–Crippen MR) is 194 cm³/mol. The van der Waals surface area contributed by atoms with E-state index in [1.807, 2.05) is 0 Å². The molecule has 4 aromatic rings. The zero-order valence-electron chi connectivity index (χ0n) is 27.6. The Kier molecular flexibility index (Phi) is 14.5. The van der Waals surface area contributed by atoms with Crippen molar-refractivity contribution in [3.8, 4) is 0 Å². The van der Waals surface area contributed by atoms with Gasteiger partial charge in [-0.25, -0.2) is 23.1 Å². The highest BCUT2D eigenvalue weighted by molar-refractivity contribution is 7.95. The van der Waals surface area contributed by atoms with Gasteiger partial charge in [0.2, 0.25) is 0 Å². The van der Waals surface area contributed by atoms with Crippen LogP contribution in [-0.2, 0) is 73.5 Å². The SMILES string of the molecule is Nc1c(N=Nc2cc3c(S(=O)(=O)O)cc(S(=O)(=O)O)cc3cc2SOOO)cc(S(=O)(=O)O)c(N)c1N=Nc1ccc(S(=O)(=O)CCOS(=O)(=O)O)cc1SOOO. The Labute approximate surface area is 333 Å². The van der Waals surface area contributed by atoms with E-state index in [1.54, 1.807) is 0 Å². The molecule has 0 fully saturated rings. The summed E-state index contributed by atoms with van der Waals surface area (Å²) in [5.74, 6) is -0.958. The van der Waals surface area contributed by atoms with Crippen molar-refractivity contribution in [2.45, 2.75) is 29.4 Å². The molecular formula is C24H22N6O21S7. The van der Waals surface area contributed by atoms with Crippen molar-refractivity contribution in [1.82, 2.24) is 0 Å². The second-order valence-corrected chi connectivity index (χ2v) is 19.4. The molecule has 0 aliphatic heterocycles. The van der Waals surface area contributed by atoms with Gasteiger partial charge in [0.15, 0.2) is 9.84 Å². The first-order valence-electron chi connectivity index (χ1n) is 14.1. The average Bonchev–Trinajstić information content (AvgIpc) is 3.10. The van der Waals surface area contributed by atoms with Crippen molar-refractivity contribution < 1.29 is 93.7 Å². The lowest BCUT2D eigenvalue weighted by molar-refractivity contribution is -0.432. The van der Waals surface area contributed by atoms with Crippen molar-refractivity contribution in [1.29, 1.82) is 0 Å². The molecule has 0 amide bonds. The van der Waals surface area contributed by atoms with Crippen LogP contribution in [0, 0.1) is 0 Å². The van der Waals surface area contributed by atoms with E-state index in [-0.39, 0.29) is 45.0 Å². The minimum Gasteiger partial charge on any atom is -0.396 e. The third-order valence-corrected chi connectivity index (χ3v) is 12.9. The van der Waals surface area contributed by atoms with Crippen molar-refractivity contribution in [3.05, 3.63) is 48.5 Å². The van der Waals surface area contributed by atoms with E-state index in [9.17, 15) is 55.7 Å². The minimum atomic E-state index is -5.22. The summed E-state index contributed by atoms with van der Waals surface area (Å²) in [5, 5.41) is 39.0. The monoisotopic (exact) mass is 954 g/mol. The molecule has 0 bridgehead atoms. The van der Waals surface area contributed by atoms with Crippen molar-refractivity contribution in [2.75, 3.05) is 23.8 Å². The van der Waals surface area contributed by atoms with Gasteiger partial charge in [0.05, 0.1) is 67.4 Å². The number of anilines is 2. The fourth-order valence-electron chi connectivity index (χ4n) is 4.41. The Bertz CT molecular complexity index is 2890. The highest BCUT2D eigenvalue weighted by atomic mass is 32.3. The maximum absolute atomic E-state index is 12.7. The van der Waals surface area contributed by atoms with Crippen LogP contribution in [0.25, 0.3) is 10.8 Å². The Balaban J connectivity index is 1.88. The van der Waals surface area contributed by atoms with Crippen LogP contribution in [0.4, 0.5) is 34.1 Å². The largest absolute Gasteiger partial charge is 0.397 e. The predicted octanol–water partition coefficient (Wildman–Crippen LogP) is 4.02. The van der Waals surface area contributed by atoms with Gasteiger partial charge >= 0.3 is 10.4 Å². The van der Waals surface area contributed by atoms with Gasteiger partial charge in [-0.15, -0.1) is 29.1 Å². The molecule has 0 aliphatic rings. The molecule has 0 unspecified atom stereocenters. The maximum Gasteiger partial charge on any atom is 0.397 e. The highest BCUT2D eigenvalue weighted by Gasteiger charge is 2.25. The van der Waals surface area contributed by atoms with Gasteiger partial charge in [-0.3, -0.25) is 18.2 Å². The molecule has 27 nitrogen and oxygen atoms in total. The van der Waals surface area contributed by atoms with E-state index in [0.717, 1.165) is 36.4 Å². The summed E-state index contributed by atoms with van der Waals surface area (Å²) < 4.78 is 170. The van der Waals surface area contributed by atoms with E-state index in [0.29, 0.717) is 12.1 Å². The Morgan fingerprint density at radius 2 is 1.16 bits per heavy atom. The number of nitrogen functional groups attached to an aromatic ring is 2. The highest BCUT2D eigenvalue weighted by Crippen LogP contribution is 2.45. The Morgan fingerprint density at radius 1 is 0.586 bits per heavy atom. The maximum atomic E-state index is 12.7. The van der Waals surface area contributed by atoms with Crippen molar-refractivity contribution in [2.24, 2.45) is 20.5 Å². The van der Waals surface area contributed by atoms with Gasteiger partial charge in [-0.2, -0.15) is 33.7 Å². The van der Waals surface area contributed by atoms with Gasteiger partial charge in [0.1, 0.15) is 32.5 Å². The molecular weight excluding hydrogens is 933 g/mol. The average molecular weight is 955 g/mol. The molecule has 0 atom stereocenters. The lowest BCUT2D eigenvalue weighted by Crippen LogP contribution is -2.15. The number of fused-ring (bicyclic) bond motifs is 1. The molecule has 10 N–H and O–H groups in total. The molecule has 4 aromatic carbocycles. The second kappa shape index (κ2) is 18.1. The number of sulfone groups is 1. The molecule has 58 heavy (non-hydrogen) atoms. The molecule has 0 heterocycles. The van der Waals surface area contributed by atoms with Crippen LogP contribution in [0.5, 0.6) is 0 Å². The Hall–Kier alpha value is -4.05. The zero-order valence-corrected chi connectivity index (χ0v) is 33.4. The smallest absolute Gasteiger partial charge is 0.396 e. The van der Waals surface area contributed by atoms with Gasteiger partial charge in [-0.05, 0) is 53.9 Å². The molecule has 34 heteroatoms. The number of hydrogen-bond donors (Lipinski definition) is 8. The second-order valence-electron chi connectivity index (χ2n) is 10.5. The van der Waals surface area contributed by atoms with Crippen LogP contribution in [0.1, 0.15) is 0 Å². The number of rotatable bonds is 18. The molecule has 316 valence electrons. The van der Waals surface area contributed by atoms with Gasteiger partial charge in [0.25, 0.3) is 30.4 Å². The summed E-state index contributed by atoms with van der Waals surface area (Å²) in [6.07, 6.45) is 0. The minimum absolute atomic E-state index is 0.155. The zero-order chi connectivity index (χ0) is 43.4. The third-order valence-electron chi connectivity index (χ3n) is 6.85. The first-order valence-corrected chi connectivity index (χ1v) is 23.0.